The zero-order valence-electron chi connectivity index (χ0n) is 8.34. The Morgan fingerprint density at radius 2 is 2.14 bits per heavy atom. The van der Waals surface area contributed by atoms with Gasteiger partial charge in [0.05, 0.1) is 13.5 Å². The van der Waals surface area contributed by atoms with Crippen LogP contribution in [0.15, 0.2) is 18.2 Å². The lowest BCUT2D eigenvalue weighted by atomic mass is 10.0. The summed E-state index contributed by atoms with van der Waals surface area (Å²) in [6.07, 6.45) is 0.618. The summed E-state index contributed by atoms with van der Waals surface area (Å²) in [5, 5.41) is 0. The van der Waals surface area contributed by atoms with Gasteiger partial charge in [0.25, 0.3) is 0 Å². The minimum Gasteiger partial charge on any atom is -0.497 e. The molecule has 14 heavy (non-hydrogen) atoms. The van der Waals surface area contributed by atoms with E-state index in [1.807, 2.05) is 13.0 Å². The van der Waals surface area contributed by atoms with E-state index in [1.165, 1.54) is 0 Å². The molecule has 0 aliphatic carbocycles. The van der Waals surface area contributed by atoms with E-state index < -0.39 is 6.04 Å². The smallest absolute Gasteiger partial charge is 0.305 e. The molecule has 0 atom stereocenters. The third-order valence-electron chi connectivity index (χ3n) is 2.12. The van der Waals surface area contributed by atoms with Crippen molar-refractivity contribution in [1.82, 2.24) is 0 Å². The maximum Gasteiger partial charge on any atom is 0.305 e. The fraction of sp³-hybridized carbons (Fsp3) is 0.364. The zero-order valence-corrected chi connectivity index (χ0v) is 8.34. The zero-order chi connectivity index (χ0) is 10.6. The van der Waals surface area contributed by atoms with Crippen molar-refractivity contribution in [2.75, 3.05) is 7.11 Å². The van der Waals surface area contributed by atoms with Gasteiger partial charge in [-0.2, -0.15) is 4.39 Å². The van der Waals surface area contributed by atoms with Crippen LogP contribution >= 0.6 is 0 Å². The molecule has 1 aromatic rings. The van der Waals surface area contributed by atoms with Gasteiger partial charge in [-0.15, -0.1) is 0 Å². The molecule has 0 spiro atoms. The number of carbonyl (C=O) groups excluding carboxylic acids is 1. The first-order valence-electron chi connectivity index (χ1n) is 4.51. The van der Waals surface area contributed by atoms with Crippen molar-refractivity contribution >= 4 is 6.04 Å². The predicted molar refractivity (Wildman–Crippen MR) is 52.2 cm³/mol. The molecule has 0 aromatic heterocycles. The number of hydrogen-bond acceptors (Lipinski definition) is 2. The number of rotatable bonds is 4. The third kappa shape index (κ3) is 2.55. The molecule has 0 unspecified atom stereocenters. The summed E-state index contributed by atoms with van der Waals surface area (Å²) in [6, 6.07) is 4.00. The number of aryl methyl sites for hydroxylation is 1. The highest BCUT2D eigenvalue weighted by molar-refractivity contribution is 5.71. The monoisotopic (exact) mass is 196 g/mol. The molecule has 3 heteroatoms. The second-order valence-electron chi connectivity index (χ2n) is 3.02. The second-order valence-corrected chi connectivity index (χ2v) is 3.02. The molecular weight excluding hydrogens is 183 g/mol. The van der Waals surface area contributed by atoms with Gasteiger partial charge < -0.3 is 4.74 Å². The summed E-state index contributed by atoms with van der Waals surface area (Å²) in [7, 11) is 1.58. The van der Waals surface area contributed by atoms with Crippen LogP contribution in [-0.2, 0) is 17.6 Å². The molecule has 0 saturated heterocycles. The molecule has 0 saturated carbocycles. The standard InChI is InChI=1S/C11H13FO2/c1-3-8-6-10(14-2)5-4-9(8)7-11(12)13/h4-6H,3,7H2,1-2H3. The molecule has 0 amide bonds. The van der Waals surface area contributed by atoms with Crippen molar-refractivity contribution in [3.8, 4) is 5.75 Å². The van der Waals surface area contributed by atoms with Gasteiger partial charge in [-0.1, -0.05) is 13.0 Å². The van der Waals surface area contributed by atoms with E-state index in [9.17, 15) is 9.18 Å². The average molecular weight is 196 g/mol. The Morgan fingerprint density at radius 1 is 1.43 bits per heavy atom. The maximum absolute atomic E-state index is 12.2. The Kier molecular flexibility index (Phi) is 3.63. The van der Waals surface area contributed by atoms with Crippen molar-refractivity contribution in [1.29, 1.82) is 0 Å². The van der Waals surface area contributed by atoms with Crippen LogP contribution in [-0.4, -0.2) is 13.1 Å². The van der Waals surface area contributed by atoms with E-state index >= 15 is 0 Å². The van der Waals surface area contributed by atoms with Crippen molar-refractivity contribution in [3.63, 3.8) is 0 Å². The van der Waals surface area contributed by atoms with Gasteiger partial charge >= 0.3 is 6.04 Å². The second kappa shape index (κ2) is 4.74. The highest BCUT2D eigenvalue weighted by atomic mass is 19.1. The van der Waals surface area contributed by atoms with Crippen LogP contribution in [0.1, 0.15) is 18.1 Å². The van der Waals surface area contributed by atoms with Crippen molar-refractivity contribution in [2.45, 2.75) is 19.8 Å². The van der Waals surface area contributed by atoms with Gasteiger partial charge in [0.2, 0.25) is 0 Å². The van der Waals surface area contributed by atoms with Gasteiger partial charge in [0, 0.05) is 0 Å². The van der Waals surface area contributed by atoms with Gasteiger partial charge in [-0.05, 0) is 29.7 Å². The summed E-state index contributed by atoms with van der Waals surface area (Å²) in [5.74, 6) is 0.733. The van der Waals surface area contributed by atoms with E-state index in [1.54, 1.807) is 19.2 Å². The molecule has 1 rings (SSSR count). The Balaban J connectivity index is 2.98. The number of ether oxygens (including phenoxy) is 1. The molecule has 0 bridgehead atoms. The molecule has 0 fully saturated rings. The topological polar surface area (TPSA) is 26.3 Å². The van der Waals surface area contributed by atoms with E-state index in [4.69, 9.17) is 4.74 Å². The van der Waals surface area contributed by atoms with Crippen LogP contribution in [0.3, 0.4) is 0 Å². The molecular formula is C11H13FO2. The lowest BCUT2D eigenvalue weighted by Crippen LogP contribution is -1.99. The number of benzene rings is 1. The van der Waals surface area contributed by atoms with Crippen LogP contribution in [0.4, 0.5) is 4.39 Å². The van der Waals surface area contributed by atoms with Crippen molar-refractivity contribution in [3.05, 3.63) is 29.3 Å². The quantitative estimate of drug-likeness (QED) is 0.691. The van der Waals surface area contributed by atoms with E-state index in [-0.39, 0.29) is 6.42 Å². The Morgan fingerprint density at radius 3 is 2.64 bits per heavy atom. The fourth-order valence-corrected chi connectivity index (χ4v) is 1.38. The fourth-order valence-electron chi connectivity index (χ4n) is 1.38. The van der Waals surface area contributed by atoms with Crippen LogP contribution < -0.4 is 4.74 Å². The maximum atomic E-state index is 12.2. The predicted octanol–water partition coefficient (Wildman–Crippen LogP) is 2.30. The Labute approximate surface area is 82.7 Å². The molecule has 0 N–H and O–H groups in total. The van der Waals surface area contributed by atoms with Gasteiger partial charge in [0.1, 0.15) is 5.75 Å². The Bertz CT molecular complexity index is 334. The number of carbonyl (C=O) groups is 1. The number of methoxy groups -OCH3 is 1. The highest BCUT2D eigenvalue weighted by Crippen LogP contribution is 2.18. The highest BCUT2D eigenvalue weighted by Gasteiger charge is 2.07. The minimum absolute atomic E-state index is 0.146. The first-order valence-corrected chi connectivity index (χ1v) is 4.51. The largest absolute Gasteiger partial charge is 0.497 e. The minimum atomic E-state index is -1.30. The summed E-state index contributed by atoms with van der Waals surface area (Å²) in [6.45, 7) is 1.96. The van der Waals surface area contributed by atoms with Gasteiger partial charge in [-0.3, -0.25) is 4.79 Å². The van der Waals surface area contributed by atoms with E-state index in [2.05, 4.69) is 0 Å². The molecule has 76 valence electrons. The molecule has 2 nitrogen and oxygen atoms in total. The SMILES string of the molecule is CCc1cc(OC)ccc1CC(=O)F. The first kappa shape index (κ1) is 10.7. The summed E-state index contributed by atoms with van der Waals surface area (Å²) in [4.78, 5) is 10.3. The van der Waals surface area contributed by atoms with E-state index in [0.29, 0.717) is 0 Å². The molecule has 0 radical (unpaired) electrons. The number of halogens is 1. The third-order valence-corrected chi connectivity index (χ3v) is 2.12. The molecule has 0 aliphatic rings. The van der Waals surface area contributed by atoms with E-state index in [0.717, 1.165) is 23.3 Å². The first-order chi connectivity index (χ1) is 6.67. The molecule has 0 heterocycles. The lowest BCUT2D eigenvalue weighted by molar-refractivity contribution is -0.128. The molecule has 0 aliphatic heterocycles. The summed E-state index contributed by atoms with van der Waals surface area (Å²) in [5.41, 5.74) is 1.69. The lowest BCUT2D eigenvalue weighted by Gasteiger charge is -2.07. The molecule has 1 aromatic carbocycles. The Hall–Kier alpha value is -1.38. The summed E-state index contributed by atoms with van der Waals surface area (Å²) >= 11 is 0. The van der Waals surface area contributed by atoms with Crippen LogP contribution in [0.5, 0.6) is 5.75 Å². The van der Waals surface area contributed by atoms with Crippen molar-refractivity contribution in [2.24, 2.45) is 0 Å². The van der Waals surface area contributed by atoms with Gasteiger partial charge in [-0.25, -0.2) is 0 Å². The van der Waals surface area contributed by atoms with Gasteiger partial charge in [0.15, 0.2) is 0 Å². The van der Waals surface area contributed by atoms with Crippen LogP contribution in [0.25, 0.3) is 0 Å². The summed E-state index contributed by atoms with van der Waals surface area (Å²) < 4.78 is 17.3. The van der Waals surface area contributed by atoms with Crippen LogP contribution in [0.2, 0.25) is 0 Å². The van der Waals surface area contributed by atoms with Crippen molar-refractivity contribution < 1.29 is 13.9 Å². The average Bonchev–Trinajstić information content (AvgIpc) is 2.17. The normalized spacial score (nSPS) is 9.93. The number of hydrogen-bond donors (Lipinski definition) is 0. The van der Waals surface area contributed by atoms with Crippen LogP contribution in [0, 0.1) is 0 Å².